The van der Waals surface area contributed by atoms with Crippen molar-refractivity contribution in [2.45, 2.75) is 12.5 Å². The maximum atomic E-state index is 11.3. The molecule has 0 saturated carbocycles. The molecule has 1 aliphatic heterocycles. The lowest BCUT2D eigenvalue weighted by molar-refractivity contribution is -0.143. The molecule has 0 saturated heterocycles. The smallest absolute Gasteiger partial charge is 0.321 e. The molecule has 0 spiro atoms. The van der Waals surface area contributed by atoms with E-state index in [2.05, 4.69) is 12.0 Å². The summed E-state index contributed by atoms with van der Waals surface area (Å²) in [6.45, 7) is 1.64. The van der Waals surface area contributed by atoms with E-state index in [0.717, 1.165) is 13.0 Å². The molecule has 0 radical (unpaired) electrons. The number of terminal acetylenes is 1. The Morgan fingerprint density at radius 2 is 2.53 bits per heavy atom. The lowest BCUT2D eigenvalue weighted by Crippen LogP contribution is -2.44. The summed E-state index contributed by atoms with van der Waals surface area (Å²) in [5.74, 6) is 1.97. The van der Waals surface area contributed by atoms with Crippen LogP contribution in [-0.2, 0) is 9.53 Å². The number of ether oxygens (including phenoxy) is 1. The van der Waals surface area contributed by atoms with Gasteiger partial charge >= 0.3 is 5.97 Å². The van der Waals surface area contributed by atoms with Gasteiger partial charge in [-0.15, -0.1) is 6.42 Å². The normalized spacial score (nSPS) is 20.9. The summed E-state index contributed by atoms with van der Waals surface area (Å²) >= 11 is 0. The summed E-state index contributed by atoms with van der Waals surface area (Å²) in [6.07, 6.45) is 10.0. The van der Waals surface area contributed by atoms with Gasteiger partial charge in [-0.3, -0.25) is 9.69 Å². The molecule has 4 nitrogen and oxygen atoms in total. The Morgan fingerprint density at radius 3 is 3.20 bits per heavy atom. The van der Waals surface area contributed by atoms with Crippen LogP contribution in [0.1, 0.15) is 6.42 Å². The van der Waals surface area contributed by atoms with Gasteiger partial charge in [-0.05, 0) is 6.42 Å². The van der Waals surface area contributed by atoms with Gasteiger partial charge in [0, 0.05) is 19.1 Å². The third kappa shape index (κ3) is 3.74. The predicted octanol–water partition coefficient (Wildman–Crippen LogP) is -0.248. The molecule has 1 aliphatic rings. The zero-order chi connectivity index (χ0) is 11.1. The maximum absolute atomic E-state index is 11.3. The molecule has 0 aromatic carbocycles. The zero-order valence-electron chi connectivity index (χ0n) is 8.69. The second-order valence-electron chi connectivity index (χ2n) is 3.36. The lowest BCUT2D eigenvalue weighted by Gasteiger charge is -2.30. The fourth-order valence-electron chi connectivity index (χ4n) is 1.54. The van der Waals surface area contributed by atoms with Gasteiger partial charge in [-0.2, -0.15) is 0 Å². The van der Waals surface area contributed by atoms with Crippen molar-refractivity contribution in [1.29, 1.82) is 0 Å². The molecule has 1 heterocycles. The molecule has 0 amide bonds. The fourth-order valence-corrected chi connectivity index (χ4v) is 1.54. The Labute approximate surface area is 90.1 Å². The van der Waals surface area contributed by atoms with E-state index in [0.29, 0.717) is 6.54 Å². The predicted molar refractivity (Wildman–Crippen MR) is 58.0 cm³/mol. The van der Waals surface area contributed by atoms with Crippen LogP contribution in [-0.4, -0.2) is 43.2 Å². The van der Waals surface area contributed by atoms with Gasteiger partial charge in [0.25, 0.3) is 0 Å². The molecular formula is C11H16N2O2. The van der Waals surface area contributed by atoms with E-state index in [1.807, 2.05) is 11.0 Å². The molecule has 1 atom stereocenters. The van der Waals surface area contributed by atoms with Gasteiger partial charge in [0.2, 0.25) is 0 Å². The Balaban J connectivity index is 2.39. The number of rotatable bonds is 4. The number of nitrogens with two attached hydrogens (primary N) is 1. The first-order chi connectivity index (χ1) is 7.27. The summed E-state index contributed by atoms with van der Waals surface area (Å²) in [7, 11) is 0. The molecule has 82 valence electrons. The fraction of sp³-hybridized carbons (Fsp3) is 0.545. The number of carbonyl (C=O) groups excluding carboxylic acids is 1. The highest BCUT2D eigenvalue weighted by Gasteiger charge is 2.20. The molecule has 0 fully saturated rings. The average molecular weight is 208 g/mol. The van der Waals surface area contributed by atoms with E-state index in [9.17, 15) is 4.79 Å². The van der Waals surface area contributed by atoms with E-state index in [1.165, 1.54) is 0 Å². The molecule has 0 bridgehead atoms. The summed E-state index contributed by atoms with van der Waals surface area (Å²) in [6, 6.07) is 0.136. The van der Waals surface area contributed by atoms with Crippen LogP contribution in [0.5, 0.6) is 0 Å². The van der Waals surface area contributed by atoms with Crippen LogP contribution in [0.4, 0.5) is 0 Å². The first-order valence-corrected chi connectivity index (χ1v) is 4.97. The van der Waals surface area contributed by atoms with E-state index >= 15 is 0 Å². The molecule has 0 aromatic heterocycles. The van der Waals surface area contributed by atoms with Crippen molar-refractivity contribution < 1.29 is 9.53 Å². The third-order valence-corrected chi connectivity index (χ3v) is 2.30. The number of hydrogen-bond donors (Lipinski definition) is 1. The van der Waals surface area contributed by atoms with E-state index in [-0.39, 0.29) is 25.2 Å². The van der Waals surface area contributed by atoms with Crippen molar-refractivity contribution in [3.05, 3.63) is 12.2 Å². The van der Waals surface area contributed by atoms with Crippen LogP contribution in [0, 0.1) is 12.3 Å². The van der Waals surface area contributed by atoms with E-state index in [4.69, 9.17) is 16.9 Å². The molecule has 15 heavy (non-hydrogen) atoms. The van der Waals surface area contributed by atoms with Crippen molar-refractivity contribution in [2.24, 2.45) is 5.73 Å². The first kappa shape index (κ1) is 11.8. The van der Waals surface area contributed by atoms with Crippen molar-refractivity contribution in [3.8, 4) is 12.3 Å². The first-order valence-electron chi connectivity index (χ1n) is 4.97. The molecule has 0 aromatic rings. The quantitative estimate of drug-likeness (QED) is 0.393. The van der Waals surface area contributed by atoms with Gasteiger partial charge in [0.05, 0.1) is 6.54 Å². The number of nitrogens with zero attached hydrogens (tertiary/aromatic N) is 1. The van der Waals surface area contributed by atoms with E-state index in [1.54, 1.807) is 0 Å². The van der Waals surface area contributed by atoms with Crippen molar-refractivity contribution in [1.82, 2.24) is 4.90 Å². The Hall–Kier alpha value is -1.31. The zero-order valence-corrected chi connectivity index (χ0v) is 8.69. The molecule has 4 heteroatoms. The van der Waals surface area contributed by atoms with E-state index < -0.39 is 0 Å². The largest absolute Gasteiger partial charge is 0.452 e. The standard InChI is InChI=1S/C11H16N2O2/c1-2-7-15-11(14)9-13-6-4-3-5-10(13)8-12/h1,3,5,10H,4,6-9,12H2. The molecule has 0 aliphatic carbocycles. The molecule has 1 rings (SSSR count). The van der Waals surface area contributed by atoms with Crippen molar-refractivity contribution in [3.63, 3.8) is 0 Å². The molecular weight excluding hydrogens is 192 g/mol. The summed E-state index contributed by atoms with van der Waals surface area (Å²) < 4.78 is 4.81. The summed E-state index contributed by atoms with van der Waals surface area (Å²) in [5.41, 5.74) is 5.59. The van der Waals surface area contributed by atoms with Crippen LogP contribution in [0.25, 0.3) is 0 Å². The van der Waals surface area contributed by atoms with Crippen molar-refractivity contribution in [2.75, 3.05) is 26.2 Å². The second kappa shape index (κ2) is 6.23. The maximum Gasteiger partial charge on any atom is 0.321 e. The van der Waals surface area contributed by atoms with Gasteiger partial charge in [-0.1, -0.05) is 18.1 Å². The van der Waals surface area contributed by atoms with Crippen LogP contribution in [0.2, 0.25) is 0 Å². The topological polar surface area (TPSA) is 55.6 Å². The summed E-state index contributed by atoms with van der Waals surface area (Å²) in [5, 5.41) is 0. The Bertz CT molecular complexity index is 281. The second-order valence-corrected chi connectivity index (χ2v) is 3.36. The van der Waals surface area contributed by atoms with Crippen LogP contribution >= 0.6 is 0 Å². The number of hydrogen-bond acceptors (Lipinski definition) is 4. The SMILES string of the molecule is C#CCOC(=O)CN1CCC=CC1CN. The minimum atomic E-state index is -0.290. The molecule has 1 unspecified atom stereocenters. The Kier molecular flexibility index (Phi) is 4.88. The monoisotopic (exact) mass is 208 g/mol. The minimum Gasteiger partial charge on any atom is -0.452 e. The highest BCUT2D eigenvalue weighted by Crippen LogP contribution is 2.08. The highest BCUT2D eigenvalue weighted by molar-refractivity contribution is 5.72. The summed E-state index contributed by atoms with van der Waals surface area (Å²) in [4.78, 5) is 13.3. The lowest BCUT2D eigenvalue weighted by atomic mass is 10.1. The third-order valence-electron chi connectivity index (χ3n) is 2.30. The number of esters is 1. The van der Waals surface area contributed by atoms with Gasteiger partial charge in [-0.25, -0.2) is 0 Å². The number of carbonyl (C=O) groups is 1. The van der Waals surface area contributed by atoms with Crippen molar-refractivity contribution >= 4 is 5.97 Å². The van der Waals surface area contributed by atoms with Crippen LogP contribution < -0.4 is 5.73 Å². The van der Waals surface area contributed by atoms with Gasteiger partial charge < -0.3 is 10.5 Å². The highest BCUT2D eigenvalue weighted by atomic mass is 16.5. The Morgan fingerprint density at radius 1 is 1.73 bits per heavy atom. The molecule has 2 N–H and O–H groups in total. The van der Waals surface area contributed by atoms with Crippen LogP contribution in [0.3, 0.4) is 0 Å². The average Bonchev–Trinajstić information content (AvgIpc) is 2.27. The minimum absolute atomic E-state index is 0.0375. The van der Waals surface area contributed by atoms with Crippen LogP contribution in [0.15, 0.2) is 12.2 Å². The van der Waals surface area contributed by atoms with Gasteiger partial charge in [0.1, 0.15) is 0 Å². The van der Waals surface area contributed by atoms with Gasteiger partial charge in [0.15, 0.2) is 6.61 Å².